The summed E-state index contributed by atoms with van der Waals surface area (Å²) in [6.45, 7) is 1.89. The Kier molecular flexibility index (Phi) is 5.50. The van der Waals surface area contributed by atoms with Crippen LogP contribution in [0.3, 0.4) is 0 Å². The highest BCUT2D eigenvalue weighted by molar-refractivity contribution is 5.99. The van der Waals surface area contributed by atoms with Gasteiger partial charge in [0.2, 0.25) is 0 Å². The monoisotopic (exact) mass is 343 g/mol. The number of carbonyl (C=O) groups is 1. The number of carbonyl (C=O) groups excluding carboxylic acids is 1. The topological polar surface area (TPSA) is 53.6 Å². The average molecular weight is 343 g/mol. The summed E-state index contributed by atoms with van der Waals surface area (Å²) >= 11 is 0. The molecule has 0 saturated carbocycles. The molecule has 0 spiro atoms. The Morgan fingerprint density at radius 3 is 2.28 bits per heavy atom. The summed E-state index contributed by atoms with van der Waals surface area (Å²) in [5.41, 5.74) is 2.35. The zero-order valence-electron chi connectivity index (χ0n) is 14.2. The van der Waals surface area contributed by atoms with E-state index in [4.69, 9.17) is 4.74 Å². The smallest absolute Gasteiger partial charge is 0.323 e. The van der Waals surface area contributed by atoms with E-state index in [0.29, 0.717) is 11.4 Å². The molecule has 5 nitrogen and oxygen atoms in total. The molecule has 1 heterocycles. The van der Waals surface area contributed by atoms with Crippen LogP contribution in [0, 0.1) is 5.82 Å². The lowest BCUT2D eigenvalue weighted by molar-refractivity contribution is 0.0893. The number of urea groups is 1. The fraction of sp³-hybridized carbons (Fsp3) is 0.316. The fourth-order valence-electron chi connectivity index (χ4n) is 2.95. The van der Waals surface area contributed by atoms with E-state index >= 15 is 0 Å². The van der Waals surface area contributed by atoms with E-state index in [2.05, 4.69) is 15.5 Å². The van der Waals surface area contributed by atoms with E-state index in [1.54, 1.807) is 7.11 Å². The standard InChI is InChI=1S/C19H22FN3O2/c1-25-18-3-2-12-23(13-18)17-10-8-16(9-11-17)22-19(24)21-15-6-4-14(20)5-7-15/h4-11,18H,2-3,12-13H2,1H3,(H2,21,22,24)/t18-/m0/s1. The van der Waals surface area contributed by atoms with Gasteiger partial charge in [0.05, 0.1) is 6.10 Å². The molecule has 132 valence electrons. The maximum Gasteiger partial charge on any atom is 0.323 e. The van der Waals surface area contributed by atoms with Crippen LogP contribution < -0.4 is 15.5 Å². The summed E-state index contributed by atoms with van der Waals surface area (Å²) in [6.07, 6.45) is 2.47. The van der Waals surface area contributed by atoms with Crippen molar-refractivity contribution in [3.8, 4) is 0 Å². The molecule has 0 unspecified atom stereocenters. The number of nitrogens with zero attached hydrogens (tertiary/aromatic N) is 1. The number of benzene rings is 2. The highest BCUT2D eigenvalue weighted by atomic mass is 19.1. The summed E-state index contributed by atoms with van der Waals surface area (Å²) in [7, 11) is 1.75. The van der Waals surface area contributed by atoms with Crippen molar-refractivity contribution in [1.29, 1.82) is 0 Å². The molecule has 1 aliphatic rings. The van der Waals surface area contributed by atoms with Gasteiger partial charge in [-0.25, -0.2) is 9.18 Å². The molecule has 2 aromatic rings. The summed E-state index contributed by atoms with van der Waals surface area (Å²) in [5.74, 6) is -0.338. The molecule has 0 bridgehead atoms. The number of anilines is 3. The second-order valence-electron chi connectivity index (χ2n) is 6.08. The third-order valence-electron chi connectivity index (χ3n) is 4.30. The first kappa shape index (κ1) is 17.2. The number of piperidine rings is 1. The molecular weight excluding hydrogens is 321 g/mol. The Bertz CT molecular complexity index is 704. The van der Waals surface area contributed by atoms with Crippen LogP contribution in [0.5, 0.6) is 0 Å². The number of halogens is 1. The molecule has 1 atom stereocenters. The Morgan fingerprint density at radius 1 is 1.08 bits per heavy atom. The quantitative estimate of drug-likeness (QED) is 0.879. The second-order valence-corrected chi connectivity index (χ2v) is 6.08. The first-order valence-electron chi connectivity index (χ1n) is 8.35. The highest BCUT2D eigenvalue weighted by Gasteiger charge is 2.19. The summed E-state index contributed by atoms with van der Waals surface area (Å²) < 4.78 is 18.3. The van der Waals surface area contributed by atoms with Gasteiger partial charge < -0.3 is 20.3 Å². The molecule has 1 aliphatic heterocycles. The number of hydrogen-bond donors (Lipinski definition) is 2. The predicted octanol–water partition coefficient (Wildman–Crippen LogP) is 4.08. The molecule has 6 heteroatoms. The van der Waals surface area contributed by atoms with Gasteiger partial charge in [-0.3, -0.25) is 0 Å². The van der Waals surface area contributed by atoms with Crippen LogP contribution in [-0.4, -0.2) is 32.3 Å². The van der Waals surface area contributed by atoms with Crippen molar-refractivity contribution in [3.05, 3.63) is 54.3 Å². The fourth-order valence-corrected chi connectivity index (χ4v) is 2.95. The van der Waals surface area contributed by atoms with Crippen molar-refractivity contribution in [2.45, 2.75) is 18.9 Å². The van der Waals surface area contributed by atoms with E-state index in [9.17, 15) is 9.18 Å². The van der Waals surface area contributed by atoms with E-state index in [1.807, 2.05) is 24.3 Å². The van der Waals surface area contributed by atoms with E-state index in [1.165, 1.54) is 24.3 Å². The molecule has 1 saturated heterocycles. The zero-order chi connectivity index (χ0) is 17.6. The first-order valence-corrected chi connectivity index (χ1v) is 8.35. The molecule has 0 aliphatic carbocycles. The van der Waals surface area contributed by atoms with E-state index in [-0.39, 0.29) is 18.0 Å². The van der Waals surface area contributed by atoms with Crippen LogP contribution in [-0.2, 0) is 4.74 Å². The normalized spacial score (nSPS) is 17.2. The minimum atomic E-state index is -0.364. The molecule has 0 aromatic heterocycles. The van der Waals surface area contributed by atoms with Crippen molar-refractivity contribution >= 4 is 23.1 Å². The Hall–Kier alpha value is -2.60. The Morgan fingerprint density at radius 2 is 1.68 bits per heavy atom. The van der Waals surface area contributed by atoms with Gasteiger partial charge >= 0.3 is 6.03 Å². The van der Waals surface area contributed by atoms with Gasteiger partial charge in [0.15, 0.2) is 0 Å². The van der Waals surface area contributed by atoms with Crippen molar-refractivity contribution in [2.24, 2.45) is 0 Å². The summed E-state index contributed by atoms with van der Waals surface area (Å²) in [6, 6.07) is 13.0. The highest BCUT2D eigenvalue weighted by Crippen LogP contribution is 2.23. The van der Waals surface area contributed by atoms with Crippen LogP contribution in [0.2, 0.25) is 0 Å². The van der Waals surface area contributed by atoms with Gasteiger partial charge in [0.1, 0.15) is 5.82 Å². The second kappa shape index (κ2) is 7.98. The SMILES string of the molecule is CO[C@H]1CCCN(c2ccc(NC(=O)Nc3ccc(F)cc3)cc2)C1. The predicted molar refractivity (Wildman–Crippen MR) is 97.7 cm³/mol. The van der Waals surface area contributed by atoms with Gasteiger partial charge in [0, 0.05) is 37.3 Å². The average Bonchev–Trinajstić information content (AvgIpc) is 2.64. The lowest BCUT2D eigenvalue weighted by Gasteiger charge is -2.33. The van der Waals surface area contributed by atoms with Gasteiger partial charge in [-0.2, -0.15) is 0 Å². The molecule has 2 amide bonds. The van der Waals surface area contributed by atoms with Crippen molar-refractivity contribution in [2.75, 3.05) is 35.7 Å². The van der Waals surface area contributed by atoms with Gasteiger partial charge in [-0.1, -0.05) is 0 Å². The molecule has 0 radical (unpaired) electrons. The lowest BCUT2D eigenvalue weighted by atomic mass is 10.1. The molecule has 2 aromatic carbocycles. The summed E-state index contributed by atoms with van der Waals surface area (Å²) in [4.78, 5) is 14.3. The van der Waals surface area contributed by atoms with Crippen LogP contribution in [0.15, 0.2) is 48.5 Å². The molecule has 1 fully saturated rings. The van der Waals surface area contributed by atoms with Crippen molar-refractivity contribution < 1.29 is 13.9 Å². The number of nitrogens with one attached hydrogen (secondary N) is 2. The van der Waals surface area contributed by atoms with Crippen LogP contribution in [0.25, 0.3) is 0 Å². The number of amides is 2. The van der Waals surface area contributed by atoms with Gasteiger partial charge in [-0.15, -0.1) is 0 Å². The molecular formula is C19H22FN3O2. The lowest BCUT2D eigenvalue weighted by Crippen LogP contribution is -2.39. The van der Waals surface area contributed by atoms with E-state index in [0.717, 1.165) is 31.6 Å². The molecule has 2 N–H and O–H groups in total. The minimum absolute atomic E-state index is 0.271. The largest absolute Gasteiger partial charge is 0.380 e. The minimum Gasteiger partial charge on any atom is -0.380 e. The van der Waals surface area contributed by atoms with Gasteiger partial charge in [0.25, 0.3) is 0 Å². The first-order chi connectivity index (χ1) is 12.1. The third kappa shape index (κ3) is 4.70. The maximum absolute atomic E-state index is 12.9. The van der Waals surface area contributed by atoms with E-state index < -0.39 is 0 Å². The number of rotatable bonds is 4. The summed E-state index contributed by atoms with van der Waals surface area (Å²) in [5, 5.41) is 5.43. The third-order valence-corrected chi connectivity index (χ3v) is 4.30. The van der Waals surface area contributed by atoms with Crippen LogP contribution >= 0.6 is 0 Å². The molecule has 3 rings (SSSR count). The molecule has 25 heavy (non-hydrogen) atoms. The number of ether oxygens (including phenoxy) is 1. The van der Waals surface area contributed by atoms with Crippen LogP contribution in [0.4, 0.5) is 26.2 Å². The maximum atomic E-state index is 12.9. The number of hydrogen-bond acceptors (Lipinski definition) is 3. The Balaban J connectivity index is 1.56. The van der Waals surface area contributed by atoms with Crippen molar-refractivity contribution in [3.63, 3.8) is 0 Å². The Labute approximate surface area is 146 Å². The van der Waals surface area contributed by atoms with Crippen LogP contribution in [0.1, 0.15) is 12.8 Å². The van der Waals surface area contributed by atoms with Gasteiger partial charge in [-0.05, 0) is 61.4 Å². The van der Waals surface area contributed by atoms with Crippen molar-refractivity contribution in [1.82, 2.24) is 0 Å². The number of methoxy groups -OCH3 is 1. The zero-order valence-corrected chi connectivity index (χ0v) is 14.2.